The first-order valence-electron chi connectivity index (χ1n) is 7.69. The lowest BCUT2D eigenvalue weighted by Gasteiger charge is -2.09. The number of aromatic nitrogens is 2. The Kier molecular flexibility index (Phi) is 5.73. The molecule has 1 amide bonds. The molecule has 0 aliphatic carbocycles. The van der Waals surface area contributed by atoms with Gasteiger partial charge in [-0.25, -0.2) is 0 Å². The lowest BCUT2D eigenvalue weighted by molar-refractivity contribution is -0.115. The van der Waals surface area contributed by atoms with E-state index in [0.29, 0.717) is 28.2 Å². The number of nitrogens with one attached hydrogen (secondary N) is 1. The monoisotopic (exact) mass is 373 g/mol. The van der Waals surface area contributed by atoms with E-state index >= 15 is 0 Å². The van der Waals surface area contributed by atoms with Crippen molar-refractivity contribution in [3.63, 3.8) is 0 Å². The van der Waals surface area contributed by atoms with Crippen LogP contribution in [-0.4, -0.2) is 21.4 Å². The summed E-state index contributed by atoms with van der Waals surface area (Å²) in [5.41, 5.74) is 1.79. The van der Waals surface area contributed by atoms with Gasteiger partial charge >= 0.3 is 0 Å². The normalized spacial score (nSPS) is 11.9. The molecule has 0 aliphatic rings. The minimum Gasteiger partial charge on any atom is -0.416 e. The van der Waals surface area contributed by atoms with E-state index in [4.69, 9.17) is 16.0 Å². The summed E-state index contributed by atoms with van der Waals surface area (Å²) in [5.74, 6) is 0.383. The van der Waals surface area contributed by atoms with Gasteiger partial charge in [0.1, 0.15) is 0 Å². The molecule has 3 aromatic rings. The van der Waals surface area contributed by atoms with Gasteiger partial charge in [-0.15, -0.1) is 10.2 Å². The van der Waals surface area contributed by atoms with Crippen LogP contribution in [0.2, 0.25) is 5.02 Å². The molecule has 7 heteroatoms. The third-order valence-corrected chi connectivity index (χ3v) is 4.59. The number of nitrogens with zero attached hydrogens (tertiary/aromatic N) is 2. The molecular weight excluding hydrogens is 358 g/mol. The quantitative estimate of drug-likeness (QED) is 0.647. The highest BCUT2D eigenvalue weighted by Crippen LogP contribution is 2.24. The minimum absolute atomic E-state index is 0.143. The van der Waals surface area contributed by atoms with Gasteiger partial charge in [0.2, 0.25) is 11.8 Å². The van der Waals surface area contributed by atoms with Crippen molar-refractivity contribution in [2.75, 3.05) is 5.32 Å². The van der Waals surface area contributed by atoms with Crippen LogP contribution in [0.4, 0.5) is 5.69 Å². The van der Waals surface area contributed by atoms with Gasteiger partial charge in [-0.2, -0.15) is 0 Å². The molecular formula is C18H16ClN3O2S. The molecule has 5 nitrogen and oxygen atoms in total. The summed E-state index contributed by atoms with van der Waals surface area (Å²) < 4.78 is 5.62. The summed E-state index contributed by atoms with van der Waals surface area (Å²) in [4.78, 5) is 12.2. The number of carbonyl (C=O) groups is 1. The van der Waals surface area contributed by atoms with E-state index in [-0.39, 0.29) is 11.2 Å². The first-order valence-corrected chi connectivity index (χ1v) is 8.95. The summed E-state index contributed by atoms with van der Waals surface area (Å²) in [5, 5.41) is 11.5. The van der Waals surface area contributed by atoms with Crippen LogP contribution >= 0.6 is 23.4 Å². The second kappa shape index (κ2) is 8.18. The fourth-order valence-electron chi connectivity index (χ4n) is 2.11. The van der Waals surface area contributed by atoms with Crippen LogP contribution in [0.25, 0.3) is 0 Å². The van der Waals surface area contributed by atoms with E-state index in [2.05, 4.69) is 15.5 Å². The van der Waals surface area contributed by atoms with Crippen LogP contribution in [0, 0.1) is 0 Å². The highest BCUT2D eigenvalue weighted by molar-refractivity contribution is 8.00. The van der Waals surface area contributed by atoms with E-state index in [0.717, 1.165) is 5.56 Å². The van der Waals surface area contributed by atoms with Crippen molar-refractivity contribution < 1.29 is 9.21 Å². The molecule has 0 spiro atoms. The number of anilines is 1. The van der Waals surface area contributed by atoms with Crippen LogP contribution < -0.4 is 5.32 Å². The largest absolute Gasteiger partial charge is 0.416 e. The Hall–Kier alpha value is -2.31. The molecule has 25 heavy (non-hydrogen) atoms. The molecule has 1 N–H and O–H groups in total. The number of rotatable bonds is 6. The lowest BCUT2D eigenvalue weighted by atomic mass is 10.2. The Morgan fingerprint density at radius 2 is 1.88 bits per heavy atom. The fraction of sp³-hybridized carbons (Fsp3) is 0.167. The van der Waals surface area contributed by atoms with Crippen LogP contribution in [0.1, 0.15) is 18.4 Å². The van der Waals surface area contributed by atoms with Gasteiger partial charge in [-0.1, -0.05) is 53.7 Å². The predicted octanol–water partition coefficient (Wildman–Crippen LogP) is 4.43. The van der Waals surface area contributed by atoms with Crippen LogP contribution in [0.15, 0.2) is 64.2 Å². The topological polar surface area (TPSA) is 68.0 Å². The Balaban J connectivity index is 1.56. The standard InChI is InChI=1S/C18H16ClN3O2S/c1-12(17(23)20-15-9-7-14(19)8-10-15)25-18-22-21-16(24-18)11-13-5-3-2-4-6-13/h2-10,12H,11H2,1H3,(H,20,23)/t12-/m0/s1. The number of hydrogen-bond acceptors (Lipinski definition) is 5. The van der Waals surface area contributed by atoms with E-state index in [9.17, 15) is 4.79 Å². The second-order valence-corrected chi connectivity index (χ2v) is 7.11. The third-order valence-electron chi connectivity index (χ3n) is 3.41. The zero-order valence-electron chi connectivity index (χ0n) is 13.5. The molecule has 1 atom stereocenters. The third kappa shape index (κ3) is 5.08. The Labute approximate surface area is 154 Å². The van der Waals surface area contributed by atoms with Crippen molar-refractivity contribution in [3.05, 3.63) is 71.1 Å². The minimum atomic E-state index is -0.374. The maximum absolute atomic E-state index is 12.2. The first-order chi connectivity index (χ1) is 12.1. The lowest BCUT2D eigenvalue weighted by Crippen LogP contribution is -2.22. The van der Waals surface area contributed by atoms with Gasteiger partial charge in [0.25, 0.3) is 5.22 Å². The van der Waals surface area contributed by atoms with Crippen molar-refractivity contribution in [1.29, 1.82) is 0 Å². The van der Waals surface area contributed by atoms with Crippen molar-refractivity contribution in [2.45, 2.75) is 23.8 Å². The summed E-state index contributed by atoms with van der Waals surface area (Å²) in [6.07, 6.45) is 0.569. The van der Waals surface area contributed by atoms with Gasteiger partial charge in [0.15, 0.2) is 0 Å². The van der Waals surface area contributed by atoms with Crippen molar-refractivity contribution in [3.8, 4) is 0 Å². The summed E-state index contributed by atoms with van der Waals surface area (Å²) >= 11 is 7.06. The molecule has 128 valence electrons. The Bertz CT molecular complexity index is 837. The smallest absolute Gasteiger partial charge is 0.277 e. The summed E-state index contributed by atoms with van der Waals surface area (Å²) in [6, 6.07) is 16.8. The second-order valence-electron chi connectivity index (χ2n) is 5.38. The van der Waals surface area contributed by atoms with Gasteiger partial charge in [-0.3, -0.25) is 4.79 Å². The SMILES string of the molecule is C[C@H](Sc1nnc(Cc2ccccc2)o1)C(=O)Nc1ccc(Cl)cc1. The van der Waals surface area contributed by atoms with E-state index in [1.54, 1.807) is 31.2 Å². The van der Waals surface area contributed by atoms with E-state index in [1.165, 1.54) is 11.8 Å². The van der Waals surface area contributed by atoms with E-state index < -0.39 is 0 Å². The van der Waals surface area contributed by atoms with Crippen LogP contribution in [0.5, 0.6) is 0 Å². The maximum atomic E-state index is 12.2. The molecule has 0 unspecified atom stereocenters. The molecule has 0 saturated carbocycles. The molecule has 0 radical (unpaired) electrons. The molecule has 1 heterocycles. The summed E-state index contributed by atoms with van der Waals surface area (Å²) in [6.45, 7) is 1.79. The van der Waals surface area contributed by atoms with Gasteiger partial charge in [0, 0.05) is 10.7 Å². The number of thioether (sulfide) groups is 1. The number of halogens is 1. The Morgan fingerprint density at radius 3 is 2.60 bits per heavy atom. The number of carbonyl (C=O) groups excluding carboxylic acids is 1. The summed E-state index contributed by atoms with van der Waals surface area (Å²) in [7, 11) is 0. The van der Waals surface area contributed by atoms with Gasteiger partial charge in [-0.05, 0) is 36.8 Å². The molecule has 2 aromatic carbocycles. The van der Waals surface area contributed by atoms with Gasteiger partial charge < -0.3 is 9.73 Å². The first kappa shape index (κ1) is 17.5. The van der Waals surface area contributed by atoms with Crippen molar-refractivity contribution in [2.24, 2.45) is 0 Å². The predicted molar refractivity (Wildman–Crippen MR) is 98.9 cm³/mol. The molecule has 0 saturated heterocycles. The maximum Gasteiger partial charge on any atom is 0.277 e. The van der Waals surface area contributed by atoms with Crippen LogP contribution in [0.3, 0.4) is 0 Å². The average molecular weight is 374 g/mol. The number of hydrogen-bond donors (Lipinski definition) is 1. The molecule has 0 bridgehead atoms. The molecule has 3 rings (SSSR count). The Morgan fingerprint density at radius 1 is 1.16 bits per heavy atom. The van der Waals surface area contributed by atoms with Gasteiger partial charge in [0.05, 0.1) is 11.7 Å². The number of benzene rings is 2. The fourth-order valence-corrected chi connectivity index (χ4v) is 2.94. The zero-order chi connectivity index (χ0) is 17.6. The average Bonchev–Trinajstić information content (AvgIpc) is 3.04. The van der Waals surface area contributed by atoms with Crippen LogP contribution in [-0.2, 0) is 11.2 Å². The van der Waals surface area contributed by atoms with Crippen molar-refractivity contribution >= 4 is 35.0 Å². The molecule has 0 aliphatic heterocycles. The highest BCUT2D eigenvalue weighted by Gasteiger charge is 2.18. The zero-order valence-corrected chi connectivity index (χ0v) is 15.1. The molecule has 0 fully saturated rings. The molecule has 1 aromatic heterocycles. The van der Waals surface area contributed by atoms with E-state index in [1.807, 2.05) is 30.3 Å². The highest BCUT2D eigenvalue weighted by atomic mass is 35.5. The van der Waals surface area contributed by atoms with Crippen molar-refractivity contribution in [1.82, 2.24) is 10.2 Å². The number of amides is 1.